The van der Waals surface area contributed by atoms with Crippen molar-refractivity contribution in [1.29, 1.82) is 0 Å². The maximum absolute atomic E-state index is 14.0. The summed E-state index contributed by atoms with van der Waals surface area (Å²) in [6.45, 7) is 23.9. The highest BCUT2D eigenvalue weighted by Gasteiger charge is 2.36. The molecule has 6 aromatic carbocycles. The number of hydrogen-bond acceptors (Lipinski definition) is 18. The average molecular weight is 1640 g/mol. The molecule has 21 nitrogen and oxygen atoms in total. The van der Waals surface area contributed by atoms with E-state index in [1.54, 1.807) is 85.7 Å². The van der Waals surface area contributed by atoms with Crippen LogP contribution in [0.15, 0.2) is 189 Å². The van der Waals surface area contributed by atoms with Gasteiger partial charge < -0.3 is 47.9 Å². The molecule has 0 atom stereocenters. The Bertz CT molecular complexity index is 6020. The van der Waals surface area contributed by atoms with Crippen molar-refractivity contribution in [3.05, 3.63) is 283 Å². The molecule has 0 unspecified atom stereocenters. The van der Waals surface area contributed by atoms with Crippen molar-refractivity contribution in [3.63, 3.8) is 0 Å². The Morgan fingerprint density at radius 3 is 1.02 bits per heavy atom. The molecule has 3 aliphatic rings. The number of aryl methyl sites for hydroxylation is 3. The summed E-state index contributed by atoms with van der Waals surface area (Å²) < 4.78 is 84.0. The molecule has 618 valence electrons. The first-order chi connectivity index (χ1) is 58.2. The highest BCUT2D eigenvalue weighted by Crippen LogP contribution is 2.37. The number of nitrogens with one attached hydrogen (secondary N) is 3. The highest BCUT2D eigenvalue weighted by molar-refractivity contribution is 6.06. The normalized spacial score (nSPS) is 14.3. The molecule has 121 heavy (non-hydrogen) atoms. The zero-order chi connectivity index (χ0) is 85.5. The topological polar surface area (TPSA) is 262 Å². The van der Waals surface area contributed by atoms with Gasteiger partial charge in [-0.25, -0.2) is 15.0 Å². The monoisotopic (exact) mass is 1630 g/mol. The first-order valence-electron chi connectivity index (χ1n) is 39.8. The molecule has 0 spiro atoms. The van der Waals surface area contributed by atoms with E-state index in [0.29, 0.717) is 88.0 Å². The van der Waals surface area contributed by atoms with Gasteiger partial charge in [0.2, 0.25) is 0 Å². The number of hydrogen-bond donors (Lipinski definition) is 6. The van der Waals surface area contributed by atoms with E-state index in [9.17, 15) is 40.7 Å². The van der Waals surface area contributed by atoms with Crippen molar-refractivity contribution < 1.29 is 40.7 Å². The Kier molecular flexibility index (Phi) is 27.4. The third kappa shape index (κ3) is 22.0. The van der Waals surface area contributed by atoms with Crippen molar-refractivity contribution in [3.8, 4) is 35.5 Å². The van der Waals surface area contributed by atoms with E-state index in [-0.39, 0.29) is 52.6 Å². The van der Waals surface area contributed by atoms with Gasteiger partial charge in [-0.05, 0) is 183 Å². The van der Waals surface area contributed by atoms with Gasteiger partial charge in [0, 0.05) is 202 Å². The predicted octanol–water partition coefficient (Wildman–Crippen LogP) is 14.6. The Morgan fingerprint density at radius 2 is 0.678 bits per heavy atom. The van der Waals surface area contributed by atoms with Crippen LogP contribution in [0.25, 0.3) is 32.7 Å². The van der Waals surface area contributed by atoms with E-state index in [1.807, 2.05) is 92.2 Å². The molecule has 12 aromatic rings. The minimum Gasteiger partial charge on any atom is -0.382 e. The van der Waals surface area contributed by atoms with E-state index < -0.39 is 35.3 Å². The fourth-order valence-electron chi connectivity index (χ4n) is 14.4. The predicted molar refractivity (Wildman–Crippen MR) is 464 cm³/mol. The van der Waals surface area contributed by atoms with Gasteiger partial charge in [-0.3, -0.25) is 44.0 Å². The Balaban J connectivity index is 0.000000157. The second kappa shape index (κ2) is 38.7. The number of carbonyl (C=O) groups excluding carboxylic acids is 3. The molecule has 0 aliphatic carbocycles. The van der Waals surface area contributed by atoms with Crippen molar-refractivity contribution >= 4 is 84.9 Å². The van der Waals surface area contributed by atoms with Crippen molar-refractivity contribution in [2.75, 3.05) is 132 Å². The SMILES string of the molecule is CCN1CCN(Cc2ccc(NC(=O)c3ccc(C)c(C#Cc4cnc(N)c5ncccc45)c3)cc2)CC1.CCN1CCN(Cc2ccc(NC(=O)c3ccc(C)c(C#Cc4cnc(N)c5ncccc45)c3)cc2C(F)(F)F)CC1.Cc1ccc(C(=O)Nc2ccc(CN3CCN(C)CC3)c(C(F)(F)F)c2)cc1C#Cc1cnc(N)c2ncccc12. The summed E-state index contributed by atoms with van der Waals surface area (Å²) in [6, 6.07) is 42.7. The van der Waals surface area contributed by atoms with E-state index in [1.165, 1.54) is 29.8 Å². The molecular formula is C94H92F6N18O3. The molecule has 0 bridgehead atoms. The Hall–Kier alpha value is -13.2. The minimum atomic E-state index is -4.55. The third-order valence-corrected chi connectivity index (χ3v) is 21.7. The summed E-state index contributed by atoms with van der Waals surface area (Å²) in [4.78, 5) is 78.0. The maximum Gasteiger partial charge on any atom is 0.416 e. The largest absolute Gasteiger partial charge is 0.416 e. The number of fused-ring (bicyclic) bond motifs is 3. The smallest absolute Gasteiger partial charge is 0.382 e. The maximum atomic E-state index is 14.0. The van der Waals surface area contributed by atoms with E-state index in [4.69, 9.17) is 17.2 Å². The number of nitrogens with two attached hydrogens (primary N) is 3. The Labute approximate surface area is 698 Å². The van der Waals surface area contributed by atoms with Gasteiger partial charge >= 0.3 is 12.4 Å². The van der Waals surface area contributed by atoms with Crippen LogP contribution in [-0.2, 0) is 32.0 Å². The summed E-state index contributed by atoms with van der Waals surface area (Å²) >= 11 is 0. The molecule has 0 saturated carbocycles. The lowest BCUT2D eigenvalue weighted by atomic mass is 10.0. The van der Waals surface area contributed by atoms with Crippen LogP contribution in [0.2, 0.25) is 0 Å². The zero-order valence-electron chi connectivity index (χ0n) is 68.0. The first kappa shape index (κ1) is 85.7. The molecule has 3 amide bonds. The number of piperazine rings is 3. The zero-order valence-corrected chi connectivity index (χ0v) is 68.0. The molecule has 3 aliphatic heterocycles. The molecule has 9 heterocycles. The van der Waals surface area contributed by atoms with Crippen LogP contribution in [0.4, 0.5) is 60.9 Å². The summed E-state index contributed by atoms with van der Waals surface area (Å²) in [5.41, 5.74) is 28.4. The third-order valence-electron chi connectivity index (χ3n) is 21.7. The number of carbonyl (C=O) groups is 3. The van der Waals surface area contributed by atoms with Crippen LogP contribution in [-0.4, -0.2) is 176 Å². The standard InChI is InChI=1S/C32H31F3N6O.C31H29F3N6O.C31H32N6O/c1-3-40-13-15-41(16-14-40)20-25-10-11-26(18-28(25)32(33,34)35)39-31(42)23-7-6-21(2)22(17-23)8-9-24-19-38-30(36)29-27(24)5-4-12-37-29;1-20-5-6-22(16-21(20)7-8-23-18-37-29(35)28-26(23)4-3-11-36-28)30(41)38-25-10-9-24(27(17-25)31(32,33)34)19-40-14-12-39(2)13-15-40;1-3-36-15-17-37(18-16-36)21-23-7-12-27(13-8-23)35-31(38)25-9-6-22(2)24(19-25)10-11-26-20-34-30(32)29-28(26)5-4-14-33-29/h4-7,10-12,17-19H,3,13-16,20H2,1-2H3,(H2,36,38)(H,39,42);3-6,9-11,16-18H,12-15,19H2,1-2H3,(H2,35,37)(H,38,41);4-9,12-14,19-20H,3,15-18,21H2,1-2H3,(H2,32,34)(H,35,38). The van der Waals surface area contributed by atoms with Crippen LogP contribution in [0.5, 0.6) is 0 Å². The van der Waals surface area contributed by atoms with Gasteiger partial charge in [-0.2, -0.15) is 26.3 Å². The second-order valence-corrected chi connectivity index (χ2v) is 30.0. The van der Waals surface area contributed by atoms with Gasteiger partial charge in [-0.15, -0.1) is 0 Å². The molecule has 3 fully saturated rings. The fourth-order valence-corrected chi connectivity index (χ4v) is 14.4. The first-order valence-corrected chi connectivity index (χ1v) is 39.8. The molecule has 27 heteroatoms. The van der Waals surface area contributed by atoms with E-state index in [0.717, 1.165) is 134 Å². The van der Waals surface area contributed by atoms with Crippen LogP contribution >= 0.6 is 0 Å². The van der Waals surface area contributed by atoms with Crippen LogP contribution in [0.1, 0.15) is 123 Å². The number of nitrogen functional groups attached to an aromatic ring is 3. The lowest BCUT2D eigenvalue weighted by Crippen LogP contribution is -2.45. The second-order valence-electron chi connectivity index (χ2n) is 30.0. The van der Waals surface area contributed by atoms with Crippen LogP contribution < -0.4 is 33.2 Å². The summed E-state index contributed by atoms with van der Waals surface area (Å²) in [5, 5.41) is 10.6. The number of pyridine rings is 6. The number of rotatable bonds is 14. The molecule has 9 N–H and O–H groups in total. The molecule has 6 aromatic heterocycles. The average Bonchev–Trinajstić information content (AvgIpc) is 0.818. The van der Waals surface area contributed by atoms with Crippen molar-refractivity contribution in [2.24, 2.45) is 0 Å². The summed E-state index contributed by atoms with van der Waals surface area (Å²) in [7, 11) is 2.00. The molecular weight excluding hydrogens is 1540 g/mol. The van der Waals surface area contributed by atoms with Gasteiger partial charge in [0.15, 0.2) is 0 Å². The number of benzene rings is 6. The molecule has 3 saturated heterocycles. The van der Waals surface area contributed by atoms with Gasteiger partial charge in [0.05, 0.1) is 27.8 Å². The lowest BCUT2D eigenvalue weighted by molar-refractivity contribution is -0.139. The number of amides is 3. The number of likely N-dealkylation sites (N-methyl/N-ethyl adjacent to an activating group) is 3. The highest BCUT2D eigenvalue weighted by atomic mass is 19.4. The summed E-state index contributed by atoms with van der Waals surface area (Å²) in [5.74, 6) is 18.5. The number of anilines is 6. The van der Waals surface area contributed by atoms with Crippen molar-refractivity contribution in [2.45, 2.75) is 66.6 Å². The molecule has 0 radical (unpaired) electrons. The number of aromatic nitrogens is 6. The number of nitrogens with zero attached hydrogens (tertiary/aromatic N) is 12. The molecule has 15 rings (SSSR count). The Morgan fingerprint density at radius 1 is 0.372 bits per heavy atom. The number of halogens is 6. The van der Waals surface area contributed by atoms with Crippen molar-refractivity contribution in [1.82, 2.24) is 59.3 Å². The van der Waals surface area contributed by atoms with Gasteiger partial charge in [-0.1, -0.05) is 91.8 Å². The van der Waals surface area contributed by atoms with Gasteiger partial charge in [0.25, 0.3) is 17.7 Å². The summed E-state index contributed by atoms with van der Waals surface area (Å²) in [6.07, 6.45) is 0.650. The van der Waals surface area contributed by atoms with Crippen LogP contribution in [0.3, 0.4) is 0 Å². The minimum absolute atomic E-state index is 0.0737. The van der Waals surface area contributed by atoms with Gasteiger partial charge in [0.1, 0.15) is 34.0 Å². The van der Waals surface area contributed by atoms with E-state index >= 15 is 0 Å². The number of alkyl halides is 6. The quantitative estimate of drug-likeness (QED) is 0.0437. The lowest BCUT2D eigenvalue weighted by Gasteiger charge is -2.34. The fraction of sp³-hybridized carbons (Fsp3) is 0.266. The van der Waals surface area contributed by atoms with E-state index in [2.05, 4.69) is 127 Å². The van der Waals surface area contributed by atoms with Crippen LogP contribution in [0, 0.1) is 56.3 Å².